The van der Waals surface area contributed by atoms with E-state index >= 15 is 0 Å². The van der Waals surface area contributed by atoms with Crippen LogP contribution in [0.15, 0.2) is 47.6 Å². The van der Waals surface area contributed by atoms with Gasteiger partial charge < -0.3 is 14.6 Å². The van der Waals surface area contributed by atoms with Crippen molar-refractivity contribution in [3.63, 3.8) is 0 Å². The number of nitro benzene ring substituents is 1. The van der Waals surface area contributed by atoms with E-state index in [9.17, 15) is 28.1 Å². The number of carbonyl (C=O) groups is 1. The summed E-state index contributed by atoms with van der Waals surface area (Å²) in [5, 5.41) is 22.0. The minimum Gasteiger partial charge on any atom is -0.486 e. The minimum atomic E-state index is -4.48. The van der Waals surface area contributed by atoms with Gasteiger partial charge in [0, 0.05) is 18.7 Å². The molecule has 0 radical (unpaired) electrons. The van der Waals surface area contributed by atoms with Crippen LogP contribution in [0.2, 0.25) is 5.02 Å². The number of nitro groups is 1. The van der Waals surface area contributed by atoms with Crippen LogP contribution in [0, 0.1) is 10.1 Å². The van der Waals surface area contributed by atoms with E-state index in [0.717, 1.165) is 30.0 Å². The van der Waals surface area contributed by atoms with E-state index in [4.69, 9.17) is 16.3 Å². The molecule has 0 aliphatic carbocycles. The molecular formula is C20H17ClF3N5O4S. The summed E-state index contributed by atoms with van der Waals surface area (Å²) in [4.78, 5) is 22.6. The summed E-state index contributed by atoms with van der Waals surface area (Å²) in [6, 6.07) is 8.18. The van der Waals surface area contributed by atoms with E-state index < -0.39 is 22.6 Å². The highest BCUT2D eigenvalue weighted by Gasteiger charge is 2.30. The predicted octanol–water partition coefficient (Wildman–Crippen LogP) is 5.19. The Balaban J connectivity index is 1.62. The molecule has 0 aliphatic rings. The first kappa shape index (κ1) is 25.3. The lowest BCUT2D eigenvalue weighted by molar-refractivity contribution is -0.384. The molecule has 2 aromatic carbocycles. The van der Waals surface area contributed by atoms with Gasteiger partial charge in [-0.05, 0) is 31.2 Å². The first-order valence-electron chi connectivity index (χ1n) is 9.67. The van der Waals surface area contributed by atoms with Crippen LogP contribution in [0.4, 0.5) is 24.5 Å². The Morgan fingerprint density at radius 3 is 2.71 bits per heavy atom. The van der Waals surface area contributed by atoms with Gasteiger partial charge in [0.1, 0.15) is 12.4 Å². The fraction of sp³-hybridized carbons (Fsp3) is 0.250. The average Bonchev–Trinajstić information content (AvgIpc) is 3.19. The molecule has 0 fully saturated rings. The number of aromatic nitrogens is 3. The summed E-state index contributed by atoms with van der Waals surface area (Å²) in [5.74, 6) is -0.168. The van der Waals surface area contributed by atoms with E-state index in [-0.39, 0.29) is 34.5 Å². The number of hydrogen-bond acceptors (Lipinski definition) is 7. The minimum absolute atomic E-state index is 0.0305. The van der Waals surface area contributed by atoms with Crippen molar-refractivity contribution in [3.05, 3.63) is 69.0 Å². The average molecular weight is 516 g/mol. The molecule has 3 rings (SSSR count). The second kappa shape index (κ2) is 10.7. The normalized spacial score (nSPS) is 11.3. The number of thioether (sulfide) groups is 1. The van der Waals surface area contributed by atoms with Crippen LogP contribution in [0.5, 0.6) is 5.75 Å². The third-order valence-electron chi connectivity index (χ3n) is 4.41. The number of nitrogens with one attached hydrogen (secondary N) is 1. The second-order valence-electron chi connectivity index (χ2n) is 6.72. The van der Waals surface area contributed by atoms with Gasteiger partial charge in [-0.1, -0.05) is 29.4 Å². The van der Waals surface area contributed by atoms with Gasteiger partial charge in [0.2, 0.25) is 5.91 Å². The maximum Gasteiger partial charge on any atom is 0.416 e. The first-order valence-corrected chi connectivity index (χ1v) is 11.0. The number of anilines is 1. The zero-order valence-corrected chi connectivity index (χ0v) is 19.1. The van der Waals surface area contributed by atoms with Gasteiger partial charge in [0.05, 0.1) is 26.9 Å². The van der Waals surface area contributed by atoms with Gasteiger partial charge in [0.25, 0.3) is 5.69 Å². The molecule has 3 aromatic rings. The molecule has 1 amide bonds. The lowest BCUT2D eigenvalue weighted by Gasteiger charge is -2.11. The molecule has 180 valence electrons. The molecule has 0 spiro atoms. The Morgan fingerprint density at radius 1 is 1.26 bits per heavy atom. The smallest absolute Gasteiger partial charge is 0.416 e. The van der Waals surface area contributed by atoms with Gasteiger partial charge in [-0.15, -0.1) is 10.2 Å². The molecule has 0 saturated carbocycles. The number of alkyl halides is 3. The molecule has 0 unspecified atom stereocenters. The summed E-state index contributed by atoms with van der Waals surface area (Å²) in [5.41, 5.74) is -0.940. The number of ether oxygens (including phenoxy) is 1. The number of amides is 1. The van der Waals surface area contributed by atoms with Gasteiger partial charge in [-0.2, -0.15) is 13.2 Å². The van der Waals surface area contributed by atoms with E-state index in [1.807, 2.05) is 6.92 Å². The lowest BCUT2D eigenvalue weighted by Crippen LogP contribution is -2.15. The standard InChI is InChI=1S/C20H17ClF3N5O4S/c1-2-28-17(10-33-14-5-3-4-12(8-14)20(22,23)24)26-27-19(28)34-11-18(30)25-16-9-13(29(31)32)6-7-15(16)21/h3-9H,2,10-11H2,1H3,(H,25,30). The quantitative estimate of drug-likeness (QED) is 0.237. The van der Waals surface area contributed by atoms with E-state index in [0.29, 0.717) is 17.5 Å². The van der Waals surface area contributed by atoms with E-state index in [1.54, 1.807) is 4.57 Å². The van der Waals surface area contributed by atoms with Gasteiger partial charge in [0.15, 0.2) is 11.0 Å². The largest absolute Gasteiger partial charge is 0.486 e. The molecule has 14 heteroatoms. The molecule has 0 bridgehead atoms. The maximum absolute atomic E-state index is 12.9. The topological polar surface area (TPSA) is 112 Å². The van der Waals surface area contributed by atoms with E-state index in [1.165, 1.54) is 24.3 Å². The molecular weight excluding hydrogens is 499 g/mol. The van der Waals surface area contributed by atoms with Crippen LogP contribution in [0.3, 0.4) is 0 Å². The van der Waals surface area contributed by atoms with Crippen LogP contribution in [-0.4, -0.2) is 31.3 Å². The van der Waals surface area contributed by atoms with Crippen LogP contribution >= 0.6 is 23.4 Å². The second-order valence-corrected chi connectivity index (χ2v) is 8.07. The summed E-state index contributed by atoms with van der Waals surface area (Å²) < 4.78 is 45.7. The Bertz CT molecular complexity index is 1210. The summed E-state index contributed by atoms with van der Waals surface area (Å²) in [7, 11) is 0. The molecule has 1 heterocycles. The number of carbonyl (C=O) groups excluding carboxylic acids is 1. The summed E-state index contributed by atoms with van der Waals surface area (Å²) in [6.45, 7) is 2.11. The number of halogens is 4. The number of nitrogens with zero attached hydrogens (tertiary/aromatic N) is 4. The molecule has 1 aromatic heterocycles. The van der Waals surface area contributed by atoms with Crippen LogP contribution in [-0.2, 0) is 24.1 Å². The van der Waals surface area contributed by atoms with Crippen molar-refractivity contribution in [1.29, 1.82) is 0 Å². The van der Waals surface area contributed by atoms with Crippen molar-refractivity contribution in [3.8, 4) is 5.75 Å². The fourth-order valence-electron chi connectivity index (χ4n) is 2.80. The van der Waals surface area contributed by atoms with Crippen LogP contribution in [0.25, 0.3) is 0 Å². The zero-order chi connectivity index (χ0) is 24.9. The molecule has 34 heavy (non-hydrogen) atoms. The van der Waals surface area contributed by atoms with Gasteiger partial charge >= 0.3 is 6.18 Å². The molecule has 9 nitrogen and oxygen atoms in total. The van der Waals surface area contributed by atoms with Crippen LogP contribution < -0.4 is 10.1 Å². The van der Waals surface area contributed by atoms with E-state index in [2.05, 4.69) is 15.5 Å². The fourth-order valence-corrected chi connectivity index (χ4v) is 3.79. The first-order chi connectivity index (χ1) is 16.1. The Kier molecular flexibility index (Phi) is 7.99. The Hall–Kier alpha value is -3.32. The number of non-ortho nitro benzene ring substituents is 1. The highest BCUT2D eigenvalue weighted by Crippen LogP contribution is 2.31. The number of rotatable bonds is 9. The highest BCUT2D eigenvalue weighted by atomic mass is 35.5. The summed E-state index contributed by atoms with van der Waals surface area (Å²) in [6.07, 6.45) is -4.48. The third kappa shape index (κ3) is 6.38. The van der Waals surface area contributed by atoms with Crippen molar-refractivity contribution in [2.24, 2.45) is 0 Å². The third-order valence-corrected chi connectivity index (χ3v) is 5.70. The molecule has 0 atom stereocenters. The monoisotopic (exact) mass is 515 g/mol. The number of benzene rings is 2. The van der Waals surface area contributed by atoms with Crippen molar-refractivity contribution >= 4 is 40.6 Å². The SMILES string of the molecule is CCn1c(COc2cccc(C(F)(F)F)c2)nnc1SCC(=O)Nc1cc([N+](=O)[O-])ccc1Cl. The zero-order valence-electron chi connectivity index (χ0n) is 17.5. The van der Waals surface area contributed by atoms with Gasteiger partial charge in [-0.25, -0.2) is 0 Å². The van der Waals surface area contributed by atoms with Crippen molar-refractivity contribution in [2.75, 3.05) is 11.1 Å². The highest BCUT2D eigenvalue weighted by molar-refractivity contribution is 7.99. The lowest BCUT2D eigenvalue weighted by atomic mass is 10.2. The van der Waals surface area contributed by atoms with Crippen molar-refractivity contribution < 1.29 is 27.6 Å². The molecule has 1 N–H and O–H groups in total. The van der Waals surface area contributed by atoms with Crippen molar-refractivity contribution in [1.82, 2.24) is 14.8 Å². The van der Waals surface area contributed by atoms with Gasteiger partial charge in [-0.3, -0.25) is 14.9 Å². The van der Waals surface area contributed by atoms with Crippen LogP contribution in [0.1, 0.15) is 18.3 Å². The summed E-state index contributed by atoms with van der Waals surface area (Å²) >= 11 is 7.05. The Labute approximate surface area is 200 Å². The predicted molar refractivity (Wildman–Crippen MR) is 119 cm³/mol. The maximum atomic E-state index is 12.9. The van der Waals surface area contributed by atoms with Crippen molar-refractivity contribution in [2.45, 2.75) is 31.4 Å². The Morgan fingerprint density at radius 2 is 2.03 bits per heavy atom. The number of hydrogen-bond donors (Lipinski definition) is 1. The molecule has 0 saturated heterocycles. The molecule has 0 aliphatic heterocycles.